The molecule has 5 rings (SSSR count). The third-order valence-electron chi connectivity index (χ3n) is 5.63. The Morgan fingerprint density at radius 3 is 2.37 bits per heavy atom. The minimum Gasteiger partial charge on any atom is -0.409 e. The molecule has 5 aromatic rings. The van der Waals surface area contributed by atoms with Gasteiger partial charge < -0.3 is 4.42 Å². The molecule has 1 atom stereocenters. The third-order valence-corrected chi connectivity index (χ3v) is 6.57. The summed E-state index contributed by atoms with van der Waals surface area (Å²) in [6.45, 7) is 4.10. The molecule has 7 nitrogen and oxygen atoms in total. The first-order chi connectivity index (χ1) is 17.0. The first-order valence-corrected chi connectivity index (χ1v) is 12.0. The van der Waals surface area contributed by atoms with Gasteiger partial charge in [-0.15, -0.1) is 10.2 Å². The number of hydrogen-bond acceptors (Lipinski definition) is 7. The first kappa shape index (κ1) is 22.7. The van der Waals surface area contributed by atoms with Crippen molar-refractivity contribution in [3.63, 3.8) is 0 Å². The zero-order chi connectivity index (χ0) is 24.4. The summed E-state index contributed by atoms with van der Waals surface area (Å²) in [7, 11) is 0. The van der Waals surface area contributed by atoms with Crippen molar-refractivity contribution in [1.82, 2.24) is 20.0 Å². The molecule has 0 bridgehead atoms. The van der Waals surface area contributed by atoms with Gasteiger partial charge in [0, 0.05) is 10.9 Å². The second kappa shape index (κ2) is 9.68. The van der Waals surface area contributed by atoms with Gasteiger partial charge in [0.15, 0.2) is 11.5 Å². The van der Waals surface area contributed by atoms with E-state index >= 15 is 0 Å². The lowest BCUT2D eigenvalue weighted by molar-refractivity contribution is 0.0993. The van der Waals surface area contributed by atoms with Gasteiger partial charge >= 0.3 is 0 Å². The largest absolute Gasteiger partial charge is 0.409 e. The second-order valence-corrected chi connectivity index (χ2v) is 9.50. The molecule has 0 amide bonds. The van der Waals surface area contributed by atoms with Crippen molar-refractivity contribution in [2.75, 3.05) is 0 Å². The monoisotopic (exact) mass is 482 g/mol. The summed E-state index contributed by atoms with van der Waals surface area (Å²) in [6, 6.07) is 24.3. The van der Waals surface area contributed by atoms with Crippen molar-refractivity contribution in [1.29, 1.82) is 0 Å². The van der Waals surface area contributed by atoms with E-state index in [1.807, 2.05) is 86.6 Å². The molecule has 2 aromatic heterocycles. The van der Waals surface area contributed by atoms with Gasteiger partial charge in [0.05, 0.1) is 17.2 Å². The van der Waals surface area contributed by atoms with Crippen LogP contribution in [0.1, 0.15) is 28.4 Å². The van der Waals surface area contributed by atoms with Crippen molar-refractivity contribution < 1.29 is 9.21 Å². The summed E-state index contributed by atoms with van der Waals surface area (Å²) in [5.74, 6) is 0.176. The smallest absolute Gasteiger partial charge is 0.277 e. The van der Waals surface area contributed by atoms with Gasteiger partial charge in [0.25, 0.3) is 16.7 Å². The summed E-state index contributed by atoms with van der Waals surface area (Å²) in [5, 5.41) is 13.9. The number of carbonyl (C=O) groups excluding carboxylic acids is 1. The molecule has 1 unspecified atom stereocenters. The van der Waals surface area contributed by atoms with E-state index in [1.54, 1.807) is 6.07 Å². The van der Waals surface area contributed by atoms with Gasteiger partial charge in [-0.3, -0.25) is 9.59 Å². The van der Waals surface area contributed by atoms with Crippen LogP contribution in [0.15, 0.2) is 93.3 Å². The Labute approximate surface area is 205 Å². The van der Waals surface area contributed by atoms with Crippen LogP contribution < -0.4 is 5.56 Å². The number of ketones is 1. The molecule has 0 aliphatic rings. The van der Waals surface area contributed by atoms with Crippen LogP contribution in [-0.2, 0) is 6.54 Å². The van der Waals surface area contributed by atoms with Gasteiger partial charge in [0.2, 0.25) is 0 Å². The van der Waals surface area contributed by atoms with Gasteiger partial charge in [-0.05, 0) is 25.5 Å². The minimum atomic E-state index is -0.414. The Kier molecular flexibility index (Phi) is 6.29. The SMILES string of the molecule is Cc1ccc(C(=O)C(C)Sc2nnc(-c3nn(Cc4ccccc4)c(=O)c4ccccc34)o2)cc1. The molecule has 174 valence electrons. The van der Waals surface area contributed by atoms with E-state index in [0.29, 0.717) is 28.6 Å². The lowest BCUT2D eigenvalue weighted by Crippen LogP contribution is -2.24. The average Bonchev–Trinajstić information content (AvgIpc) is 3.34. The molecule has 0 N–H and O–H groups in total. The van der Waals surface area contributed by atoms with Crippen LogP contribution in [0.5, 0.6) is 0 Å². The van der Waals surface area contributed by atoms with Crippen molar-refractivity contribution in [2.45, 2.75) is 30.9 Å². The van der Waals surface area contributed by atoms with E-state index in [2.05, 4.69) is 15.3 Å². The Bertz CT molecular complexity index is 1560. The Balaban J connectivity index is 1.46. The van der Waals surface area contributed by atoms with Gasteiger partial charge in [0.1, 0.15) is 0 Å². The predicted molar refractivity (Wildman–Crippen MR) is 136 cm³/mol. The summed E-state index contributed by atoms with van der Waals surface area (Å²) in [6.07, 6.45) is 0. The van der Waals surface area contributed by atoms with Crippen LogP contribution in [0, 0.1) is 6.92 Å². The Hall–Kier alpha value is -4.04. The summed E-state index contributed by atoms with van der Waals surface area (Å²) in [4.78, 5) is 25.9. The number of hydrogen-bond donors (Lipinski definition) is 0. The molecule has 8 heteroatoms. The Morgan fingerprint density at radius 2 is 1.63 bits per heavy atom. The van der Waals surface area contributed by atoms with Crippen LogP contribution in [0.4, 0.5) is 0 Å². The van der Waals surface area contributed by atoms with Crippen molar-refractivity contribution in [3.8, 4) is 11.6 Å². The highest BCUT2D eigenvalue weighted by Gasteiger charge is 2.22. The molecule has 35 heavy (non-hydrogen) atoms. The first-order valence-electron chi connectivity index (χ1n) is 11.1. The highest BCUT2D eigenvalue weighted by atomic mass is 32.2. The van der Waals surface area contributed by atoms with Crippen LogP contribution in [0.3, 0.4) is 0 Å². The van der Waals surface area contributed by atoms with E-state index in [9.17, 15) is 9.59 Å². The van der Waals surface area contributed by atoms with Crippen LogP contribution >= 0.6 is 11.8 Å². The maximum atomic E-state index is 13.1. The molecule has 0 aliphatic heterocycles. The fourth-order valence-electron chi connectivity index (χ4n) is 3.77. The molecule has 0 spiro atoms. The zero-order valence-electron chi connectivity index (χ0n) is 19.2. The molecule has 0 saturated heterocycles. The van der Waals surface area contributed by atoms with Gasteiger partial charge in [-0.25, -0.2) is 4.68 Å². The molecular formula is C27H22N4O3S. The zero-order valence-corrected chi connectivity index (χ0v) is 20.0. The average molecular weight is 483 g/mol. The van der Waals surface area contributed by atoms with Crippen LogP contribution in [0.2, 0.25) is 0 Å². The van der Waals surface area contributed by atoms with E-state index in [1.165, 1.54) is 16.4 Å². The fourth-order valence-corrected chi connectivity index (χ4v) is 4.53. The maximum Gasteiger partial charge on any atom is 0.277 e. The lowest BCUT2D eigenvalue weighted by atomic mass is 10.1. The van der Waals surface area contributed by atoms with E-state index < -0.39 is 5.25 Å². The maximum absolute atomic E-state index is 13.1. The predicted octanol–water partition coefficient (Wildman–Crippen LogP) is 5.17. The molecule has 0 fully saturated rings. The number of nitrogens with zero attached hydrogens (tertiary/aromatic N) is 4. The van der Waals surface area contributed by atoms with Gasteiger partial charge in [-0.1, -0.05) is 90.1 Å². The van der Waals surface area contributed by atoms with E-state index in [0.717, 1.165) is 11.1 Å². The Morgan fingerprint density at radius 1 is 0.943 bits per heavy atom. The number of Topliss-reactive ketones (excluding diaryl/α,β-unsaturated/α-hetero) is 1. The highest BCUT2D eigenvalue weighted by Crippen LogP contribution is 2.29. The third kappa shape index (κ3) is 4.79. The minimum absolute atomic E-state index is 0.0188. The fraction of sp³-hybridized carbons (Fsp3) is 0.148. The summed E-state index contributed by atoms with van der Waals surface area (Å²) < 4.78 is 7.32. The number of aryl methyl sites for hydroxylation is 1. The van der Waals surface area contributed by atoms with Crippen LogP contribution in [0.25, 0.3) is 22.4 Å². The number of rotatable bonds is 7. The molecule has 0 saturated carbocycles. The number of fused-ring (bicyclic) bond motifs is 1. The van der Waals surface area contributed by atoms with Crippen LogP contribution in [-0.4, -0.2) is 31.0 Å². The summed E-state index contributed by atoms with van der Waals surface area (Å²) in [5.41, 5.74) is 2.91. The molecule has 0 radical (unpaired) electrons. The van der Waals surface area contributed by atoms with Crippen molar-refractivity contribution >= 4 is 28.3 Å². The second-order valence-electron chi connectivity index (χ2n) is 8.21. The number of carbonyl (C=O) groups is 1. The number of aromatic nitrogens is 4. The van der Waals surface area contributed by atoms with E-state index in [4.69, 9.17) is 4.42 Å². The number of benzene rings is 3. The quantitative estimate of drug-likeness (QED) is 0.234. The molecule has 3 aromatic carbocycles. The molecular weight excluding hydrogens is 460 g/mol. The standard InChI is InChI=1S/C27H22N4O3S/c1-17-12-14-20(15-13-17)24(32)18(2)35-27-29-28-25(34-27)23-21-10-6-7-11-22(21)26(33)31(30-23)16-19-8-4-3-5-9-19/h3-15,18H,16H2,1-2H3. The van der Waals surface area contributed by atoms with Crippen molar-refractivity contribution in [3.05, 3.63) is 106 Å². The normalized spacial score (nSPS) is 12.1. The molecule has 0 aliphatic carbocycles. The van der Waals surface area contributed by atoms with Crippen molar-refractivity contribution in [2.24, 2.45) is 0 Å². The summed E-state index contributed by atoms with van der Waals surface area (Å²) >= 11 is 1.20. The highest BCUT2D eigenvalue weighted by molar-refractivity contribution is 8.00. The van der Waals surface area contributed by atoms with Gasteiger partial charge in [-0.2, -0.15) is 5.10 Å². The molecule has 2 heterocycles. The number of thioether (sulfide) groups is 1. The lowest BCUT2D eigenvalue weighted by Gasteiger charge is -2.09. The van der Waals surface area contributed by atoms with E-state index in [-0.39, 0.29) is 22.5 Å². The topological polar surface area (TPSA) is 90.9 Å².